The summed E-state index contributed by atoms with van der Waals surface area (Å²) in [7, 11) is -1.22. The van der Waals surface area contributed by atoms with Gasteiger partial charge in [0.25, 0.3) is 11.1 Å². The molecule has 0 aliphatic heterocycles. The number of hydrogen-bond acceptors (Lipinski definition) is 6. The molecule has 2 aliphatic rings. The summed E-state index contributed by atoms with van der Waals surface area (Å²) in [4.78, 5) is 54.8. The van der Waals surface area contributed by atoms with Crippen LogP contribution in [0.4, 0.5) is 21.6 Å². The Morgan fingerprint density at radius 1 is 1.07 bits per heavy atom. The first kappa shape index (κ1) is 29.5. The molecular formula is C30H31FIN5O5S. The second-order valence-electron chi connectivity index (χ2n) is 11.7. The van der Waals surface area contributed by atoms with Gasteiger partial charge in [0.1, 0.15) is 21.8 Å². The molecule has 2 N–H and O–H groups in total. The highest BCUT2D eigenvalue weighted by atomic mass is 127. The number of nitrogens with one attached hydrogen (secondary N) is 2. The first-order valence-corrected chi connectivity index (χ1v) is 17.5. The van der Waals surface area contributed by atoms with Gasteiger partial charge >= 0.3 is 5.69 Å². The molecule has 6 rings (SSSR count). The van der Waals surface area contributed by atoms with Gasteiger partial charge in [-0.15, -0.1) is 0 Å². The van der Waals surface area contributed by atoms with Crippen molar-refractivity contribution in [2.45, 2.75) is 43.4 Å². The number of halogens is 2. The Bertz CT molecular complexity index is 2090. The van der Waals surface area contributed by atoms with E-state index in [0.29, 0.717) is 40.6 Å². The lowest BCUT2D eigenvalue weighted by Crippen LogP contribution is -2.41. The fourth-order valence-electron chi connectivity index (χ4n) is 5.67. The normalized spacial score (nSPS) is 16.2. The maximum Gasteiger partial charge on any atom is 0.336 e. The molecule has 0 radical (unpaired) electrons. The van der Waals surface area contributed by atoms with E-state index in [9.17, 15) is 27.8 Å². The molecule has 10 nitrogen and oxygen atoms in total. The fraction of sp³-hybridized carbons (Fsp3) is 0.333. The lowest BCUT2D eigenvalue weighted by Gasteiger charge is -2.24. The molecule has 0 bridgehead atoms. The lowest BCUT2D eigenvalue weighted by atomic mass is 10.1. The molecule has 13 heteroatoms. The van der Waals surface area contributed by atoms with Crippen LogP contribution in [0.1, 0.15) is 37.3 Å². The van der Waals surface area contributed by atoms with Crippen LogP contribution >= 0.6 is 22.6 Å². The quantitative estimate of drug-likeness (QED) is 0.198. The smallest absolute Gasteiger partial charge is 0.336 e. The van der Waals surface area contributed by atoms with Crippen LogP contribution in [-0.2, 0) is 21.8 Å². The first-order valence-electron chi connectivity index (χ1n) is 13.8. The van der Waals surface area contributed by atoms with Crippen LogP contribution in [-0.4, -0.2) is 41.1 Å². The zero-order valence-electron chi connectivity index (χ0n) is 24.0. The van der Waals surface area contributed by atoms with E-state index in [1.165, 1.54) is 32.9 Å². The molecule has 2 aliphatic carbocycles. The van der Waals surface area contributed by atoms with Crippen LogP contribution in [0, 0.1) is 16.3 Å². The number of nitrogens with zero attached hydrogens (tertiary/aromatic N) is 3. The summed E-state index contributed by atoms with van der Waals surface area (Å²) < 4.78 is 31.3. The highest BCUT2D eigenvalue weighted by Crippen LogP contribution is 2.46. The monoisotopic (exact) mass is 719 g/mol. The summed E-state index contributed by atoms with van der Waals surface area (Å²) in [6, 6.07) is 10.8. The van der Waals surface area contributed by atoms with Gasteiger partial charge in [0.2, 0.25) is 5.91 Å². The van der Waals surface area contributed by atoms with E-state index < -0.39 is 37.3 Å². The largest absolute Gasteiger partial charge is 0.338 e. The van der Waals surface area contributed by atoms with Crippen LogP contribution in [0.2, 0.25) is 0 Å². The molecular weight excluding hydrogens is 688 g/mol. The van der Waals surface area contributed by atoms with E-state index in [0.717, 1.165) is 0 Å². The fourth-order valence-corrected chi connectivity index (χ4v) is 7.86. The number of rotatable bonds is 7. The molecule has 43 heavy (non-hydrogen) atoms. The second kappa shape index (κ2) is 10.3. The summed E-state index contributed by atoms with van der Waals surface area (Å²) >= 11 is 1.99. The maximum atomic E-state index is 14.9. The summed E-state index contributed by atoms with van der Waals surface area (Å²) in [5.41, 5.74) is -0.634. The molecule has 4 aromatic rings. The Morgan fingerprint density at radius 2 is 1.77 bits per heavy atom. The molecule has 2 aromatic heterocycles. The lowest BCUT2D eigenvalue weighted by molar-refractivity contribution is -0.116. The molecule has 2 heterocycles. The number of amides is 1. The van der Waals surface area contributed by atoms with Crippen molar-refractivity contribution in [2.75, 3.05) is 23.1 Å². The predicted octanol–water partition coefficient (Wildman–Crippen LogP) is 3.73. The number of carbonyl (C=O) groups is 1. The van der Waals surface area contributed by atoms with Gasteiger partial charge in [-0.2, -0.15) is 0 Å². The van der Waals surface area contributed by atoms with Gasteiger partial charge in [0.15, 0.2) is 0 Å². The van der Waals surface area contributed by atoms with Crippen LogP contribution in [0.5, 0.6) is 0 Å². The number of hydrogen-bond donors (Lipinski definition) is 3. The second-order valence-corrected chi connectivity index (χ2v) is 16.5. The number of anilines is 3. The summed E-state index contributed by atoms with van der Waals surface area (Å²) in [6.07, 6.45) is 5.59. The predicted molar refractivity (Wildman–Crippen MR) is 176 cm³/mol. The van der Waals surface area contributed by atoms with Gasteiger partial charge in [-0.3, -0.25) is 32.3 Å². The van der Waals surface area contributed by atoms with Crippen LogP contribution in [0.3, 0.4) is 0 Å². The standard InChI is InChI=1S/C30H31FIN5O5S/c1-16-24-23(25(35(2)26(16)38)34-22-11-8-17(32)14-21(22)31)27(39)37(19-9-10-19)29(41)36(24)20-7-5-6-18(15-20)33-28(40)30(12-13-30)43(3,4)42/h5-8,11,14-15,19,34,43H,9-10,12-13H2,1-4H3,(H,33,40). The van der Waals surface area contributed by atoms with Crippen LogP contribution < -0.4 is 27.4 Å². The minimum atomic E-state index is -2.71. The van der Waals surface area contributed by atoms with E-state index in [-0.39, 0.29) is 39.9 Å². The average Bonchev–Trinajstić information content (AvgIpc) is 3.85. The number of fused-ring (bicyclic) bond motifs is 1. The zero-order valence-corrected chi connectivity index (χ0v) is 27.1. The van der Waals surface area contributed by atoms with Crippen molar-refractivity contribution in [3.05, 3.63) is 88.6 Å². The van der Waals surface area contributed by atoms with Gasteiger partial charge in [-0.05, 0) is 104 Å². The van der Waals surface area contributed by atoms with Crippen LogP contribution in [0.15, 0.2) is 56.8 Å². The topological polar surface area (TPSA) is 124 Å². The van der Waals surface area contributed by atoms with E-state index in [4.69, 9.17) is 0 Å². The third-order valence-electron chi connectivity index (χ3n) is 8.48. The molecule has 1 amide bonds. The van der Waals surface area contributed by atoms with Gasteiger partial charge in [0, 0.05) is 27.9 Å². The number of aromatic nitrogens is 3. The number of benzene rings is 2. The SMILES string of the molecule is Cc1c(=O)n(C)c(Nc2ccc(I)cc2F)c2c(=O)n(C3CC3)c(=O)n(-c3cccc(NC(=O)C4([SH](C)(C)=O)CC4)c3)c12. The number of thiol groups is 1. The molecule has 2 aromatic carbocycles. The van der Waals surface area contributed by atoms with Crippen LogP contribution in [0.25, 0.3) is 16.6 Å². The average molecular weight is 720 g/mol. The maximum absolute atomic E-state index is 14.9. The van der Waals surface area contributed by atoms with Crippen molar-refractivity contribution in [3.8, 4) is 5.69 Å². The van der Waals surface area contributed by atoms with E-state index in [1.54, 1.807) is 49.8 Å². The number of aryl methyl sites for hydroxylation is 1. The van der Waals surface area contributed by atoms with Gasteiger partial charge < -0.3 is 10.6 Å². The Morgan fingerprint density at radius 3 is 2.37 bits per heavy atom. The Labute approximate surface area is 260 Å². The molecule has 0 spiro atoms. The van der Waals surface area contributed by atoms with E-state index >= 15 is 0 Å². The van der Waals surface area contributed by atoms with Crippen molar-refractivity contribution in [2.24, 2.45) is 7.05 Å². The third kappa shape index (κ3) is 4.86. The minimum absolute atomic E-state index is 0.0561. The first-order chi connectivity index (χ1) is 20.2. The van der Waals surface area contributed by atoms with Crippen molar-refractivity contribution in [1.82, 2.24) is 13.7 Å². The Kier molecular flexibility index (Phi) is 7.03. The molecule has 0 atom stereocenters. The minimum Gasteiger partial charge on any atom is -0.338 e. The number of carbonyl (C=O) groups excluding carboxylic acids is 1. The molecule has 2 fully saturated rings. The van der Waals surface area contributed by atoms with Gasteiger partial charge in [-0.25, -0.2) is 9.18 Å². The van der Waals surface area contributed by atoms with Gasteiger partial charge in [0.05, 0.1) is 16.9 Å². The molecule has 2 saturated carbocycles. The van der Waals surface area contributed by atoms with E-state index in [2.05, 4.69) is 10.6 Å². The summed E-state index contributed by atoms with van der Waals surface area (Å²) in [5, 5.41) is 5.88. The Hall–Kier alpha value is -3.59. The van der Waals surface area contributed by atoms with E-state index in [1.807, 2.05) is 22.6 Å². The molecule has 226 valence electrons. The third-order valence-corrected chi connectivity index (χ3v) is 11.9. The zero-order chi connectivity index (χ0) is 31.0. The van der Waals surface area contributed by atoms with Crippen molar-refractivity contribution in [1.29, 1.82) is 0 Å². The number of pyridine rings is 1. The summed E-state index contributed by atoms with van der Waals surface area (Å²) in [5.74, 6) is -0.848. The molecule has 0 saturated heterocycles. The molecule has 0 unspecified atom stereocenters. The van der Waals surface area contributed by atoms with Gasteiger partial charge in [-0.1, -0.05) is 16.0 Å². The highest BCUT2D eigenvalue weighted by molar-refractivity contribution is 14.1. The van der Waals surface area contributed by atoms with Crippen molar-refractivity contribution < 1.29 is 13.4 Å². The highest BCUT2D eigenvalue weighted by Gasteiger charge is 2.56. The Balaban J connectivity index is 1.59. The van der Waals surface area contributed by atoms with Crippen molar-refractivity contribution >= 4 is 66.5 Å². The van der Waals surface area contributed by atoms with Crippen molar-refractivity contribution in [3.63, 3.8) is 0 Å². The summed E-state index contributed by atoms with van der Waals surface area (Å²) in [6.45, 7) is 1.54.